The fourth-order valence-corrected chi connectivity index (χ4v) is 1.61. The minimum absolute atomic E-state index is 0.274. The van der Waals surface area contributed by atoms with Crippen LogP contribution in [0.2, 0.25) is 0 Å². The average molecular weight is 257 g/mol. The number of hydrogen-bond donors (Lipinski definition) is 0. The highest BCUT2D eigenvalue weighted by atomic mass is 127. The van der Waals surface area contributed by atoms with Crippen LogP contribution < -0.4 is 0 Å². The maximum absolute atomic E-state index is 5.42. The Balaban J connectivity index is 2.18. The Morgan fingerprint density at radius 1 is 1.80 bits per heavy atom. The van der Waals surface area contributed by atoms with Gasteiger partial charge in [0.15, 0.2) is 0 Å². The highest BCUT2D eigenvalue weighted by Gasteiger charge is 2.17. The molecule has 0 amide bonds. The zero-order valence-corrected chi connectivity index (χ0v) is 8.20. The predicted molar refractivity (Wildman–Crippen MR) is 47.2 cm³/mol. The molecule has 0 unspecified atom stereocenters. The summed E-state index contributed by atoms with van der Waals surface area (Å²) in [5, 5.41) is 0. The molecule has 0 aliphatic carbocycles. The van der Waals surface area contributed by atoms with Gasteiger partial charge in [-0.1, -0.05) is 0 Å². The SMILES string of the molecule is COC[C@H]1CN(I)CCO1. The summed E-state index contributed by atoms with van der Waals surface area (Å²) in [5.74, 6) is 0. The molecule has 60 valence electrons. The fraction of sp³-hybridized carbons (Fsp3) is 1.00. The van der Waals surface area contributed by atoms with Crippen LogP contribution >= 0.6 is 22.9 Å². The van der Waals surface area contributed by atoms with Crippen molar-refractivity contribution in [2.24, 2.45) is 0 Å². The summed E-state index contributed by atoms with van der Waals surface area (Å²) in [5.41, 5.74) is 0. The number of morpholine rings is 1. The van der Waals surface area contributed by atoms with E-state index in [0.717, 1.165) is 19.7 Å². The largest absolute Gasteiger partial charge is 0.382 e. The van der Waals surface area contributed by atoms with E-state index in [1.165, 1.54) is 0 Å². The Hall–Kier alpha value is 0.610. The Morgan fingerprint density at radius 3 is 3.20 bits per heavy atom. The molecule has 0 spiro atoms. The van der Waals surface area contributed by atoms with Gasteiger partial charge in [-0.25, -0.2) is 3.11 Å². The molecule has 0 radical (unpaired) electrons. The molecule has 3 nitrogen and oxygen atoms in total. The van der Waals surface area contributed by atoms with E-state index in [1.54, 1.807) is 7.11 Å². The maximum Gasteiger partial charge on any atom is 0.0943 e. The first-order chi connectivity index (χ1) is 4.83. The minimum atomic E-state index is 0.274. The minimum Gasteiger partial charge on any atom is -0.382 e. The third-order valence-electron chi connectivity index (χ3n) is 1.44. The van der Waals surface area contributed by atoms with Gasteiger partial charge in [-0.05, 0) is 0 Å². The lowest BCUT2D eigenvalue weighted by Crippen LogP contribution is -2.39. The average Bonchev–Trinajstić information content (AvgIpc) is 1.88. The maximum atomic E-state index is 5.42. The van der Waals surface area contributed by atoms with Crippen molar-refractivity contribution in [2.45, 2.75) is 6.10 Å². The van der Waals surface area contributed by atoms with Gasteiger partial charge in [-0.3, -0.25) is 0 Å². The van der Waals surface area contributed by atoms with Gasteiger partial charge < -0.3 is 9.47 Å². The second-order valence-corrected chi connectivity index (χ2v) is 3.68. The van der Waals surface area contributed by atoms with Crippen molar-refractivity contribution in [1.29, 1.82) is 0 Å². The van der Waals surface area contributed by atoms with Crippen LogP contribution in [-0.4, -0.2) is 42.6 Å². The van der Waals surface area contributed by atoms with Crippen molar-refractivity contribution >= 4 is 22.9 Å². The summed E-state index contributed by atoms with van der Waals surface area (Å²) < 4.78 is 12.6. The highest BCUT2D eigenvalue weighted by Crippen LogP contribution is 2.08. The van der Waals surface area contributed by atoms with Crippen LogP contribution in [0, 0.1) is 0 Å². The topological polar surface area (TPSA) is 21.7 Å². The number of hydrogen-bond acceptors (Lipinski definition) is 3. The fourth-order valence-electron chi connectivity index (χ4n) is 0.970. The summed E-state index contributed by atoms with van der Waals surface area (Å²) in [6, 6.07) is 0. The van der Waals surface area contributed by atoms with Gasteiger partial charge in [-0.2, -0.15) is 0 Å². The monoisotopic (exact) mass is 257 g/mol. The van der Waals surface area contributed by atoms with Crippen molar-refractivity contribution in [1.82, 2.24) is 3.11 Å². The highest BCUT2D eigenvalue weighted by molar-refractivity contribution is 14.1. The van der Waals surface area contributed by atoms with Crippen molar-refractivity contribution in [3.63, 3.8) is 0 Å². The van der Waals surface area contributed by atoms with E-state index in [0.29, 0.717) is 6.61 Å². The van der Waals surface area contributed by atoms with Crippen LogP contribution in [0.5, 0.6) is 0 Å². The van der Waals surface area contributed by atoms with Gasteiger partial charge in [0, 0.05) is 43.1 Å². The summed E-state index contributed by atoms with van der Waals surface area (Å²) in [7, 11) is 1.70. The molecule has 0 aromatic carbocycles. The van der Waals surface area contributed by atoms with E-state index < -0.39 is 0 Å². The molecule has 1 saturated heterocycles. The number of rotatable bonds is 2. The summed E-state index contributed by atoms with van der Waals surface area (Å²) in [6.45, 7) is 3.55. The molecule has 0 N–H and O–H groups in total. The zero-order chi connectivity index (χ0) is 7.40. The van der Waals surface area contributed by atoms with Gasteiger partial charge in [0.05, 0.1) is 19.3 Å². The molecule has 1 aliphatic rings. The molecular weight excluding hydrogens is 245 g/mol. The Bertz CT molecular complexity index is 99.7. The Morgan fingerprint density at radius 2 is 2.60 bits per heavy atom. The standard InChI is InChI=1S/C6H12INO2/c1-9-5-6-4-8(7)2-3-10-6/h6H,2-5H2,1H3/t6-/m1/s1. The van der Waals surface area contributed by atoms with Crippen LogP contribution in [0.15, 0.2) is 0 Å². The second-order valence-electron chi connectivity index (χ2n) is 2.32. The third-order valence-corrected chi connectivity index (χ3v) is 2.32. The summed E-state index contributed by atoms with van der Waals surface area (Å²) in [4.78, 5) is 0. The van der Waals surface area contributed by atoms with Crippen molar-refractivity contribution in [3.8, 4) is 0 Å². The first kappa shape index (κ1) is 8.70. The molecule has 0 aromatic heterocycles. The van der Waals surface area contributed by atoms with Crippen LogP contribution in [-0.2, 0) is 9.47 Å². The lowest BCUT2D eigenvalue weighted by atomic mass is 10.3. The predicted octanol–water partition coefficient (Wildman–Crippen LogP) is 0.684. The van der Waals surface area contributed by atoms with Crippen LogP contribution in [0.25, 0.3) is 0 Å². The normalized spacial score (nSPS) is 28.8. The van der Waals surface area contributed by atoms with Crippen LogP contribution in [0.4, 0.5) is 0 Å². The van der Waals surface area contributed by atoms with Gasteiger partial charge in [-0.15, -0.1) is 0 Å². The van der Waals surface area contributed by atoms with Crippen molar-refractivity contribution in [2.75, 3.05) is 33.4 Å². The molecule has 0 aromatic rings. The van der Waals surface area contributed by atoms with E-state index in [4.69, 9.17) is 9.47 Å². The number of methoxy groups -OCH3 is 1. The number of halogens is 1. The number of ether oxygens (including phenoxy) is 2. The van der Waals surface area contributed by atoms with Crippen molar-refractivity contribution < 1.29 is 9.47 Å². The Labute approximate surface area is 75.2 Å². The molecule has 4 heteroatoms. The van der Waals surface area contributed by atoms with Crippen LogP contribution in [0.3, 0.4) is 0 Å². The van der Waals surface area contributed by atoms with Gasteiger partial charge in [0.25, 0.3) is 0 Å². The molecule has 1 heterocycles. The zero-order valence-electron chi connectivity index (χ0n) is 6.05. The summed E-state index contributed by atoms with van der Waals surface area (Å²) >= 11 is 2.31. The molecule has 0 bridgehead atoms. The van der Waals surface area contributed by atoms with E-state index in [2.05, 4.69) is 26.0 Å². The van der Waals surface area contributed by atoms with Gasteiger partial charge >= 0.3 is 0 Å². The first-order valence-corrected chi connectivity index (χ1v) is 4.30. The molecule has 10 heavy (non-hydrogen) atoms. The molecule has 0 saturated carbocycles. The van der Waals surface area contributed by atoms with Gasteiger partial charge in [0.1, 0.15) is 0 Å². The Kier molecular flexibility index (Phi) is 3.90. The van der Waals surface area contributed by atoms with E-state index in [1.807, 2.05) is 0 Å². The van der Waals surface area contributed by atoms with E-state index in [9.17, 15) is 0 Å². The molecule has 1 rings (SSSR count). The lowest BCUT2D eigenvalue weighted by Gasteiger charge is -2.27. The molecule has 1 fully saturated rings. The van der Waals surface area contributed by atoms with Gasteiger partial charge in [0.2, 0.25) is 0 Å². The third kappa shape index (κ3) is 2.69. The van der Waals surface area contributed by atoms with E-state index in [-0.39, 0.29) is 6.10 Å². The van der Waals surface area contributed by atoms with Crippen molar-refractivity contribution in [3.05, 3.63) is 0 Å². The summed E-state index contributed by atoms with van der Waals surface area (Å²) in [6.07, 6.45) is 0.274. The van der Waals surface area contributed by atoms with E-state index >= 15 is 0 Å². The second kappa shape index (κ2) is 4.48. The molecule has 1 aliphatic heterocycles. The first-order valence-electron chi connectivity index (χ1n) is 3.34. The lowest BCUT2D eigenvalue weighted by molar-refractivity contribution is -0.0347. The smallest absolute Gasteiger partial charge is 0.0943 e. The molecule has 1 atom stereocenters. The van der Waals surface area contributed by atoms with Crippen LogP contribution in [0.1, 0.15) is 0 Å². The quantitative estimate of drug-likeness (QED) is 0.536. The molecular formula is C6H12INO2. The number of nitrogens with zero attached hydrogens (tertiary/aromatic N) is 1.